The fourth-order valence-corrected chi connectivity index (χ4v) is 4.10. The zero-order valence-corrected chi connectivity index (χ0v) is 15.3. The standard InChI is InChI=1S/C19H18BrNO4/c20-14-9-8-11(10-17(14)25-16-7-3-6-15(16)22)21-18(23)12-4-1-2-5-13(12)19(21)24/h8-10,16H,1-7H2. The number of hydrogen-bond donors (Lipinski definition) is 0. The van der Waals surface area contributed by atoms with Crippen LogP contribution in [0.4, 0.5) is 5.69 Å². The SMILES string of the molecule is O=C1CCCC1Oc1cc(N2C(=O)C3=C(CCCC3)C2=O)ccc1Br. The highest BCUT2D eigenvalue weighted by atomic mass is 79.9. The first kappa shape index (κ1) is 16.5. The Bertz CT molecular complexity index is 786. The Labute approximate surface area is 154 Å². The Morgan fingerprint density at radius 1 is 0.960 bits per heavy atom. The van der Waals surface area contributed by atoms with Crippen LogP contribution >= 0.6 is 15.9 Å². The van der Waals surface area contributed by atoms with Crippen molar-refractivity contribution < 1.29 is 19.1 Å². The minimum absolute atomic E-state index is 0.0998. The number of ether oxygens (including phenoxy) is 1. The van der Waals surface area contributed by atoms with E-state index in [1.807, 2.05) is 0 Å². The molecule has 3 aliphatic rings. The summed E-state index contributed by atoms with van der Waals surface area (Å²) in [5, 5.41) is 0. The summed E-state index contributed by atoms with van der Waals surface area (Å²) in [6.45, 7) is 0. The van der Waals surface area contributed by atoms with Gasteiger partial charge in [0.25, 0.3) is 11.8 Å². The smallest absolute Gasteiger partial charge is 0.261 e. The number of benzene rings is 1. The minimum atomic E-state index is -0.442. The van der Waals surface area contributed by atoms with Gasteiger partial charge in [-0.3, -0.25) is 14.4 Å². The third-order valence-electron chi connectivity index (χ3n) is 5.08. The average Bonchev–Trinajstić information content (AvgIpc) is 3.12. The van der Waals surface area contributed by atoms with Crippen molar-refractivity contribution in [3.8, 4) is 5.75 Å². The number of carbonyl (C=O) groups is 3. The lowest BCUT2D eigenvalue weighted by Crippen LogP contribution is -2.31. The molecule has 0 radical (unpaired) electrons. The third-order valence-corrected chi connectivity index (χ3v) is 5.74. The number of halogens is 1. The summed E-state index contributed by atoms with van der Waals surface area (Å²) in [6, 6.07) is 5.15. The van der Waals surface area contributed by atoms with Gasteiger partial charge in [0.05, 0.1) is 10.2 Å². The van der Waals surface area contributed by atoms with Gasteiger partial charge in [0.15, 0.2) is 11.9 Å². The molecule has 5 nitrogen and oxygen atoms in total. The topological polar surface area (TPSA) is 63.7 Å². The molecule has 0 N–H and O–H groups in total. The molecule has 1 aliphatic heterocycles. The van der Waals surface area contributed by atoms with Gasteiger partial charge >= 0.3 is 0 Å². The van der Waals surface area contributed by atoms with E-state index in [0.29, 0.717) is 52.7 Å². The van der Waals surface area contributed by atoms with Gasteiger partial charge in [0.1, 0.15) is 5.75 Å². The Morgan fingerprint density at radius 2 is 1.64 bits per heavy atom. The quantitative estimate of drug-likeness (QED) is 0.721. The number of nitrogens with zero attached hydrogens (tertiary/aromatic N) is 1. The predicted octanol–water partition coefficient (Wildman–Crippen LogP) is 3.69. The zero-order valence-electron chi connectivity index (χ0n) is 13.7. The van der Waals surface area contributed by atoms with Crippen molar-refractivity contribution in [2.45, 2.75) is 51.0 Å². The molecule has 1 unspecified atom stereocenters. The van der Waals surface area contributed by atoms with Crippen LogP contribution in [0.15, 0.2) is 33.8 Å². The molecular formula is C19H18BrNO4. The van der Waals surface area contributed by atoms with Crippen LogP contribution in [0.3, 0.4) is 0 Å². The summed E-state index contributed by atoms with van der Waals surface area (Å²) in [5.41, 5.74) is 1.81. The van der Waals surface area contributed by atoms with Crippen LogP contribution < -0.4 is 9.64 Å². The van der Waals surface area contributed by atoms with Crippen molar-refractivity contribution in [3.63, 3.8) is 0 Å². The van der Waals surface area contributed by atoms with Crippen LogP contribution in [0.5, 0.6) is 5.75 Å². The molecule has 1 aromatic carbocycles. The maximum atomic E-state index is 12.7. The van der Waals surface area contributed by atoms with E-state index in [9.17, 15) is 14.4 Å². The highest BCUT2D eigenvalue weighted by Gasteiger charge is 2.40. The average molecular weight is 404 g/mol. The maximum Gasteiger partial charge on any atom is 0.261 e. The van der Waals surface area contributed by atoms with Gasteiger partial charge in [-0.05, 0) is 66.6 Å². The summed E-state index contributed by atoms with van der Waals surface area (Å²) in [4.78, 5) is 38.5. The number of hydrogen-bond acceptors (Lipinski definition) is 4. The molecular weight excluding hydrogens is 386 g/mol. The number of Topliss-reactive ketones (excluding diaryl/α,β-unsaturated/α-hetero) is 1. The van der Waals surface area contributed by atoms with Crippen LogP contribution in [-0.2, 0) is 14.4 Å². The lowest BCUT2D eigenvalue weighted by molar-refractivity contribution is -0.123. The summed E-state index contributed by atoms with van der Waals surface area (Å²) >= 11 is 3.42. The van der Waals surface area contributed by atoms with E-state index in [1.165, 1.54) is 4.90 Å². The van der Waals surface area contributed by atoms with Crippen LogP contribution in [-0.4, -0.2) is 23.7 Å². The second kappa shape index (κ2) is 6.41. The molecule has 6 heteroatoms. The van der Waals surface area contributed by atoms with Crippen molar-refractivity contribution in [3.05, 3.63) is 33.8 Å². The molecule has 25 heavy (non-hydrogen) atoms. The van der Waals surface area contributed by atoms with Crippen molar-refractivity contribution >= 4 is 39.2 Å². The van der Waals surface area contributed by atoms with Crippen molar-refractivity contribution in [1.29, 1.82) is 0 Å². The lowest BCUT2D eigenvalue weighted by atomic mass is 9.93. The highest BCUT2D eigenvalue weighted by molar-refractivity contribution is 9.10. The van der Waals surface area contributed by atoms with E-state index in [-0.39, 0.29) is 17.6 Å². The van der Waals surface area contributed by atoms with Crippen LogP contribution in [0, 0.1) is 0 Å². The molecule has 0 saturated heterocycles. The van der Waals surface area contributed by atoms with E-state index in [2.05, 4.69) is 15.9 Å². The van der Waals surface area contributed by atoms with E-state index >= 15 is 0 Å². The van der Waals surface area contributed by atoms with Crippen LogP contribution in [0.25, 0.3) is 0 Å². The Hall–Kier alpha value is -1.95. The van der Waals surface area contributed by atoms with E-state index in [0.717, 1.165) is 19.3 Å². The first-order chi connectivity index (χ1) is 12.1. The first-order valence-corrected chi connectivity index (χ1v) is 9.45. The molecule has 1 fully saturated rings. The lowest BCUT2D eigenvalue weighted by Gasteiger charge is -2.19. The second-order valence-corrected chi connectivity index (χ2v) is 7.54. The molecule has 2 amide bonds. The summed E-state index contributed by atoms with van der Waals surface area (Å²) in [5.74, 6) is 0.154. The largest absolute Gasteiger partial charge is 0.481 e. The molecule has 130 valence electrons. The maximum absolute atomic E-state index is 12.7. The van der Waals surface area contributed by atoms with Gasteiger partial charge in [-0.25, -0.2) is 4.90 Å². The predicted molar refractivity (Wildman–Crippen MR) is 95.4 cm³/mol. The summed E-state index contributed by atoms with van der Waals surface area (Å²) < 4.78 is 6.55. The number of anilines is 1. The molecule has 2 aliphatic carbocycles. The molecule has 4 rings (SSSR count). The Morgan fingerprint density at radius 3 is 2.24 bits per heavy atom. The fourth-order valence-electron chi connectivity index (χ4n) is 3.76. The summed E-state index contributed by atoms with van der Waals surface area (Å²) in [6.07, 6.45) is 4.88. The van der Waals surface area contributed by atoms with Crippen molar-refractivity contribution in [1.82, 2.24) is 0 Å². The zero-order chi connectivity index (χ0) is 17.6. The molecule has 0 bridgehead atoms. The molecule has 1 aromatic rings. The van der Waals surface area contributed by atoms with Crippen molar-refractivity contribution in [2.24, 2.45) is 0 Å². The van der Waals surface area contributed by atoms with Gasteiger partial charge in [0, 0.05) is 23.6 Å². The number of carbonyl (C=O) groups excluding carboxylic acids is 3. The Balaban J connectivity index is 1.63. The van der Waals surface area contributed by atoms with Gasteiger partial charge in [-0.15, -0.1) is 0 Å². The Kier molecular flexibility index (Phi) is 4.23. The summed E-state index contributed by atoms with van der Waals surface area (Å²) in [7, 11) is 0. The van der Waals surface area contributed by atoms with Gasteiger partial charge in [-0.1, -0.05) is 0 Å². The normalized spacial score (nSPS) is 23.5. The van der Waals surface area contributed by atoms with E-state index in [1.54, 1.807) is 18.2 Å². The molecule has 0 spiro atoms. The number of imide groups is 1. The van der Waals surface area contributed by atoms with Gasteiger partial charge in [0.2, 0.25) is 0 Å². The van der Waals surface area contributed by atoms with Gasteiger partial charge in [-0.2, -0.15) is 0 Å². The van der Waals surface area contributed by atoms with Crippen LogP contribution in [0.2, 0.25) is 0 Å². The van der Waals surface area contributed by atoms with Crippen LogP contribution in [0.1, 0.15) is 44.9 Å². The number of ketones is 1. The van der Waals surface area contributed by atoms with Crippen molar-refractivity contribution in [2.75, 3.05) is 4.90 Å². The second-order valence-electron chi connectivity index (χ2n) is 6.69. The third kappa shape index (κ3) is 2.82. The molecule has 1 heterocycles. The first-order valence-electron chi connectivity index (χ1n) is 8.66. The minimum Gasteiger partial charge on any atom is -0.481 e. The number of amides is 2. The molecule has 0 aromatic heterocycles. The highest BCUT2D eigenvalue weighted by Crippen LogP contribution is 2.38. The van der Waals surface area contributed by atoms with Gasteiger partial charge < -0.3 is 4.74 Å². The number of rotatable bonds is 3. The monoisotopic (exact) mass is 403 g/mol. The molecule has 1 saturated carbocycles. The fraction of sp³-hybridized carbons (Fsp3) is 0.421. The van der Waals surface area contributed by atoms with E-state index in [4.69, 9.17) is 4.74 Å². The van der Waals surface area contributed by atoms with E-state index < -0.39 is 6.10 Å². The molecule has 1 atom stereocenters.